The van der Waals surface area contributed by atoms with Gasteiger partial charge in [-0.1, -0.05) is 231 Å². The van der Waals surface area contributed by atoms with Gasteiger partial charge >= 0.3 is 0 Å². The number of hydrogen-bond donors (Lipinski definition) is 0. The van der Waals surface area contributed by atoms with Crippen LogP contribution in [0.1, 0.15) is 34.1 Å². The highest BCUT2D eigenvalue weighted by Gasteiger charge is 2.37. The van der Waals surface area contributed by atoms with E-state index in [0.29, 0.717) is 0 Å². The molecule has 0 fully saturated rings. The van der Waals surface area contributed by atoms with E-state index >= 15 is 0 Å². The molecule has 0 amide bonds. The molecule has 16 rings (SSSR count). The lowest BCUT2D eigenvalue weighted by Crippen LogP contribution is -2.19. The van der Waals surface area contributed by atoms with E-state index in [1.807, 2.05) is 0 Å². The van der Waals surface area contributed by atoms with Crippen LogP contribution in [0.25, 0.3) is 131 Å². The largest absolute Gasteiger partial charge is 0.0676 e. The van der Waals surface area contributed by atoms with E-state index in [9.17, 15) is 0 Å². The van der Waals surface area contributed by atoms with Crippen LogP contribution in [0, 0.1) is 0 Å². The molecule has 14 aromatic carbocycles. The maximum absolute atomic E-state index is 2.65. The van der Waals surface area contributed by atoms with Crippen molar-refractivity contribution < 1.29 is 0 Å². The van der Waals surface area contributed by atoms with Crippen LogP contribution in [-0.2, 0) is 0 Å². The Morgan fingerprint density at radius 3 is 0.654 bits per heavy atom. The molecule has 0 nitrogen and oxygen atoms in total. The van der Waals surface area contributed by atoms with Crippen molar-refractivity contribution in [3.8, 4) is 55.6 Å². The van der Waals surface area contributed by atoms with Gasteiger partial charge in [0, 0.05) is 11.8 Å². The average molecular weight is 987 g/mol. The van der Waals surface area contributed by atoms with Crippen LogP contribution in [0.2, 0.25) is 0 Å². The Morgan fingerprint density at radius 1 is 0.167 bits per heavy atom. The van der Waals surface area contributed by atoms with E-state index in [-0.39, 0.29) is 11.8 Å². The highest BCUT2D eigenvalue weighted by atomic mass is 14.4. The Hall–Kier alpha value is -9.88. The summed E-state index contributed by atoms with van der Waals surface area (Å²) >= 11 is 0. The van der Waals surface area contributed by atoms with Crippen LogP contribution in [-0.4, -0.2) is 0 Å². The topological polar surface area (TPSA) is 0 Å². The summed E-state index contributed by atoms with van der Waals surface area (Å²) in [6.07, 6.45) is 5.29. The van der Waals surface area contributed by atoms with E-state index in [0.717, 1.165) is 0 Å². The maximum Gasteiger partial charge on any atom is 0.0138 e. The zero-order chi connectivity index (χ0) is 51.3. The van der Waals surface area contributed by atoms with Crippen LogP contribution in [0.4, 0.5) is 0 Å². The molecule has 0 saturated heterocycles. The molecule has 0 N–H and O–H groups in total. The van der Waals surface area contributed by atoms with E-state index in [1.165, 1.54) is 154 Å². The van der Waals surface area contributed by atoms with Crippen LogP contribution in [0.3, 0.4) is 0 Å². The molecule has 0 aromatic heterocycles. The molecule has 0 heterocycles. The molecule has 14 aromatic rings. The molecule has 0 heteroatoms. The predicted octanol–water partition coefficient (Wildman–Crippen LogP) is 21.3. The van der Waals surface area contributed by atoms with Crippen molar-refractivity contribution in [3.63, 3.8) is 0 Å². The zero-order valence-corrected chi connectivity index (χ0v) is 42.9. The molecule has 2 aliphatic rings. The monoisotopic (exact) mass is 986 g/mol. The Balaban J connectivity index is 1.02. The number of fused-ring (bicyclic) bond motifs is 12. The second kappa shape index (κ2) is 17.9. The fourth-order valence-corrected chi connectivity index (χ4v) is 13.2. The van der Waals surface area contributed by atoms with Crippen molar-refractivity contribution in [2.24, 2.45) is 0 Å². The summed E-state index contributed by atoms with van der Waals surface area (Å²) in [5, 5.41) is 14.9. The van der Waals surface area contributed by atoms with Gasteiger partial charge in [-0.15, -0.1) is 0 Å². The van der Waals surface area contributed by atoms with E-state index in [2.05, 4.69) is 291 Å². The van der Waals surface area contributed by atoms with Crippen LogP contribution < -0.4 is 0 Å². The normalized spacial score (nSPS) is 14.8. The predicted molar refractivity (Wildman–Crippen MR) is 333 cm³/mol. The van der Waals surface area contributed by atoms with Gasteiger partial charge in [0.05, 0.1) is 0 Å². The number of benzene rings is 14. The standard InChI is InChI=1S/C78H50/c1-7-19-55-37-61(31-25-49(55)13-1)67-43-73-74(44-68(67)62-32-26-50-14-2-8-20-56(50)38-62)76-46-70(64-34-28-52-16-4-10-22-58(52)40-64)72(66-36-30-54-18-6-12-24-60(54)42-66)48-78(76)77-47-71(65-35-29-53-17-5-11-23-59(53)41-65)69(45-75(73)77)63-33-27-51-15-3-9-21-57(51)39-63/h1-48,73-74H. The SMILES string of the molecule is C1=C(c2ccc3ccccc3c2)C(c2ccc3ccccc3c2)=CC2c3cc(-c4ccc5ccccc5c4)c(-c4ccc5ccccc5c4)cc3-c3cc(-c4ccc5ccccc5c4)c(-c4ccc5ccccc5c4)cc3C12. The van der Waals surface area contributed by atoms with Gasteiger partial charge in [0.1, 0.15) is 0 Å². The maximum atomic E-state index is 2.65. The highest BCUT2D eigenvalue weighted by Crippen LogP contribution is 2.58. The zero-order valence-electron chi connectivity index (χ0n) is 42.9. The van der Waals surface area contributed by atoms with Gasteiger partial charge in [-0.3, -0.25) is 0 Å². The fraction of sp³-hybridized carbons (Fsp3) is 0.0256. The van der Waals surface area contributed by atoms with Gasteiger partial charge in [0.15, 0.2) is 0 Å². The van der Waals surface area contributed by atoms with Crippen molar-refractivity contribution in [1.29, 1.82) is 0 Å². The van der Waals surface area contributed by atoms with E-state index in [1.54, 1.807) is 0 Å². The van der Waals surface area contributed by atoms with Crippen LogP contribution >= 0.6 is 0 Å². The van der Waals surface area contributed by atoms with Gasteiger partial charge in [0.25, 0.3) is 0 Å². The van der Waals surface area contributed by atoms with Crippen LogP contribution in [0.15, 0.2) is 291 Å². The molecule has 0 bridgehead atoms. The van der Waals surface area contributed by atoms with Crippen molar-refractivity contribution >= 4 is 75.8 Å². The third-order valence-corrected chi connectivity index (χ3v) is 17.1. The Labute approximate surface area is 454 Å². The highest BCUT2D eigenvalue weighted by molar-refractivity contribution is 6.10. The first kappa shape index (κ1) is 44.4. The summed E-state index contributed by atoms with van der Waals surface area (Å²) < 4.78 is 0. The van der Waals surface area contributed by atoms with Crippen molar-refractivity contribution in [2.45, 2.75) is 11.8 Å². The minimum atomic E-state index is 0.0130. The first-order valence-corrected chi connectivity index (χ1v) is 27.4. The average Bonchev–Trinajstić information content (AvgIpc) is 3.65. The lowest BCUT2D eigenvalue weighted by molar-refractivity contribution is 0.725. The molecule has 2 unspecified atom stereocenters. The third kappa shape index (κ3) is 7.44. The molecule has 2 atom stereocenters. The number of rotatable bonds is 6. The minimum Gasteiger partial charge on any atom is -0.0676 e. The van der Waals surface area contributed by atoms with Crippen LogP contribution in [0.5, 0.6) is 0 Å². The molecule has 0 spiro atoms. The number of allylic oxidation sites excluding steroid dienone is 4. The first-order chi connectivity index (χ1) is 38.6. The summed E-state index contributed by atoms with van der Waals surface area (Å²) in [4.78, 5) is 0. The Morgan fingerprint density at radius 2 is 0.385 bits per heavy atom. The molecular weight excluding hydrogens is 937 g/mol. The van der Waals surface area contributed by atoms with E-state index in [4.69, 9.17) is 0 Å². The van der Waals surface area contributed by atoms with Gasteiger partial charge < -0.3 is 0 Å². The van der Waals surface area contributed by atoms with Gasteiger partial charge in [-0.05, 0) is 214 Å². The second-order valence-corrected chi connectivity index (χ2v) is 21.6. The quantitative estimate of drug-likeness (QED) is 0.156. The van der Waals surface area contributed by atoms with E-state index < -0.39 is 0 Å². The lowest BCUT2D eigenvalue weighted by Gasteiger charge is -2.38. The Bertz CT molecular complexity index is 4560. The molecule has 0 radical (unpaired) electrons. The molecular formula is C78H50. The first-order valence-electron chi connectivity index (χ1n) is 27.4. The number of hydrogen-bond acceptors (Lipinski definition) is 0. The molecule has 0 saturated carbocycles. The summed E-state index contributed by atoms with van der Waals surface area (Å²) in [5.41, 5.74) is 20.0. The van der Waals surface area contributed by atoms with Gasteiger partial charge in [-0.2, -0.15) is 0 Å². The van der Waals surface area contributed by atoms with Gasteiger partial charge in [0.2, 0.25) is 0 Å². The summed E-state index contributed by atoms with van der Waals surface area (Å²) in [7, 11) is 0. The second-order valence-electron chi connectivity index (χ2n) is 21.6. The summed E-state index contributed by atoms with van der Waals surface area (Å²) in [6.45, 7) is 0. The smallest absolute Gasteiger partial charge is 0.0138 e. The minimum absolute atomic E-state index is 0.0130. The Kier molecular flexibility index (Phi) is 10.2. The van der Waals surface area contributed by atoms with Crippen molar-refractivity contribution in [3.05, 3.63) is 313 Å². The fourth-order valence-electron chi connectivity index (χ4n) is 13.2. The molecule has 2 aliphatic carbocycles. The summed E-state index contributed by atoms with van der Waals surface area (Å²) in [5.74, 6) is 0.0259. The lowest BCUT2D eigenvalue weighted by atomic mass is 9.65. The molecule has 0 aliphatic heterocycles. The summed E-state index contributed by atoms with van der Waals surface area (Å²) in [6, 6.07) is 105. The molecule has 362 valence electrons. The van der Waals surface area contributed by atoms with Crippen molar-refractivity contribution in [2.75, 3.05) is 0 Å². The molecule has 78 heavy (non-hydrogen) atoms. The third-order valence-electron chi connectivity index (χ3n) is 17.1. The van der Waals surface area contributed by atoms with Crippen molar-refractivity contribution in [1.82, 2.24) is 0 Å². The van der Waals surface area contributed by atoms with Gasteiger partial charge in [-0.25, -0.2) is 0 Å².